The first kappa shape index (κ1) is 13.1. The Morgan fingerprint density at radius 1 is 1.32 bits per heavy atom. The van der Waals surface area contributed by atoms with Gasteiger partial charge in [0.2, 0.25) is 5.95 Å². The molecule has 6 heteroatoms. The summed E-state index contributed by atoms with van der Waals surface area (Å²) in [6.07, 6.45) is 1.80. The van der Waals surface area contributed by atoms with E-state index in [2.05, 4.69) is 15.3 Å². The molecule has 0 saturated carbocycles. The molecule has 0 unspecified atom stereocenters. The summed E-state index contributed by atoms with van der Waals surface area (Å²) in [5.41, 5.74) is 6.52. The summed E-state index contributed by atoms with van der Waals surface area (Å²) >= 11 is 0. The summed E-state index contributed by atoms with van der Waals surface area (Å²) in [6.45, 7) is 0.555. The Morgan fingerprint density at radius 2 is 2.05 bits per heavy atom. The zero-order valence-corrected chi connectivity index (χ0v) is 10.6. The van der Waals surface area contributed by atoms with Gasteiger partial charge >= 0.3 is 0 Å². The maximum Gasteiger partial charge on any atom is 0.222 e. The van der Waals surface area contributed by atoms with E-state index in [0.29, 0.717) is 6.54 Å². The summed E-state index contributed by atoms with van der Waals surface area (Å²) in [5.74, 6) is 0.476. The smallest absolute Gasteiger partial charge is 0.222 e. The molecular formula is C13H15FN4O. The molecule has 1 heterocycles. The fourth-order valence-corrected chi connectivity index (χ4v) is 1.62. The van der Waals surface area contributed by atoms with E-state index in [1.807, 2.05) is 24.3 Å². The lowest BCUT2D eigenvalue weighted by atomic mass is 10.1. The molecule has 5 nitrogen and oxygen atoms in total. The fourth-order valence-electron chi connectivity index (χ4n) is 1.62. The normalized spacial score (nSPS) is 10.2. The van der Waals surface area contributed by atoms with Gasteiger partial charge in [-0.15, -0.1) is 0 Å². The molecule has 2 rings (SSSR count). The number of rotatable bonds is 5. The van der Waals surface area contributed by atoms with Crippen LogP contribution in [-0.4, -0.2) is 23.6 Å². The van der Waals surface area contributed by atoms with Gasteiger partial charge in [-0.3, -0.25) is 0 Å². The van der Waals surface area contributed by atoms with Crippen molar-refractivity contribution in [3.8, 4) is 5.75 Å². The highest BCUT2D eigenvalue weighted by Crippen LogP contribution is 2.13. The number of nitrogens with two attached hydrogens (primary N) is 1. The Morgan fingerprint density at radius 3 is 2.74 bits per heavy atom. The van der Waals surface area contributed by atoms with Crippen LogP contribution in [0.2, 0.25) is 0 Å². The second kappa shape index (κ2) is 5.99. The van der Waals surface area contributed by atoms with Crippen LogP contribution in [0.5, 0.6) is 5.75 Å². The van der Waals surface area contributed by atoms with Crippen molar-refractivity contribution in [2.45, 2.75) is 6.42 Å². The third-order valence-corrected chi connectivity index (χ3v) is 2.63. The summed E-state index contributed by atoms with van der Waals surface area (Å²) < 4.78 is 18.4. The molecule has 0 amide bonds. The highest BCUT2D eigenvalue weighted by atomic mass is 19.1. The lowest BCUT2D eigenvalue weighted by Gasteiger charge is -2.07. The van der Waals surface area contributed by atoms with Crippen LogP contribution in [0.25, 0.3) is 0 Å². The van der Waals surface area contributed by atoms with Crippen molar-refractivity contribution < 1.29 is 9.13 Å². The summed E-state index contributed by atoms with van der Waals surface area (Å²) in [4.78, 5) is 7.35. The third-order valence-electron chi connectivity index (χ3n) is 2.63. The number of methoxy groups -OCH3 is 1. The molecule has 0 aliphatic heterocycles. The first-order valence-electron chi connectivity index (χ1n) is 5.84. The second-order valence-electron chi connectivity index (χ2n) is 3.95. The minimum absolute atomic E-state index is 0.0494. The first-order chi connectivity index (χ1) is 9.19. The first-order valence-corrected chi connectivity index (χ1v) is 5.84. The van der Waals surface area contributed by atoms with Gasteiger partial charge in [-0.1, -0.05) is 12.1 Å². The van der Waals surface area contributed by atoms with Gasteiger partial charge in [-0.2, -0.15) is 4.98 Å². The molecule has 0 fully saturated rings. The Bertz CT molecular complexity index is 545. The van der Waals surface area contributed by atoms with Gasteiger partial charge < -0.3 is 15.8 Å². The average molecular weight is 262 g/mol. The molecule has 1 aromatic carbocycles. The van der Waals surface area contributed by atoms with Crippen LogP contribution in [0.4, 0.5) is 16.2 Å². The van der Waals surface area contributed by atoms with Gasteiger partial charge in [-0.05, 0) is 24.1 Å². The molecule has 0 radical (unpaired) electrons. The quantitative estimate of drug-likeness (QED) is 0.860. The molecular weight excluding hydrogens is 247 g/mol. The monoisotopic (exact) mass is 262 g/mol. The molecule has 2 aromatic rings. The second-order valence-corrected chi connectivity index (χ2v) is 3.95. The summed E-state index contributed by atoms with van der Waals surface area (Å²) in [5, 5.41) is 2.89. The number of hydrogen-bond acceptors (Lipinski definition) is 5. The van der Waals surface area contributed by atoms with E-state index in [0.717, 1.165) is 23.9 Å². The number of halogens is 1. The van der Waals surface area contributed by atoms with Crippen LogP contribution in [-0.2, 0) is 6.42 Å². The van der Waals surface area contributed by atoms with Crippen molar-refractivity contribution in [3.05, 3.63) is 41.8 Å². The van der Waals surface area contributed by atoms with Crippen LogP contribution in [0.1, 0.15) is 5.56 Å². The Kier molecular flexibility index (Phi) is 4.12. The Labute approximate surface area is 110 Å². The van der Waals surface area contributed by atoms with Crippen molar-refractivity contribution in [1.29, 1.82) is 0 Å². The summed E-state index contributed by atoms with van der Waals surface area (Å²) in [7, 11) is 1.62. The van der Waals surface area contributed by atoms with Crippen molar-refractivity contribution in [3.63, 3.8) is 0 Å². The van der Waals surface area contributed by atoms with E-state index in [-0.39, 0.29) is 11.8 Å². The summed E-state index contributed by atoms with van der Waals surface area (Å²) in [6, 6.07) is 7.70. The SMILES string of the molecule is COc1ccc(CCNc2nc(N)ncc2F)cc1. The Hall–Kier alpha value is -2.37. The van der Waals surface area contributed by atoms with E-state index in [4.69, 9.17) is 10.5 Å². The highest BCUT2D eigenvalue weighted by molar-refractivity contribution is 5.39. The lowest BCUT2D eigenvalue weighted by Crippen LogP contribution is -2.09. The topological polar surface area (TPSA) is 73.1 Å². The molecule has 0 atom stereocenters. The molecule has 0 saturated heterocycles. The predicted molar refractivity (Wildman–Crippen MR) is 71.6 cm³/mol. The van der Waals surface area contributed by atoms with Crippen molar-refractivity contribution in [2.75, 3.05) is 24.7 Å². The minimum atomic E-state index is -0.510. The molecule has 0 aliphatic rings. The number of hydrogen-bond donors (Lipinski definition) is 2. The molecule has 0 spiro atoms. The van der Waals surface area contributed by atoms with Crippen LogP contribution in [0, 0.1) is 5.82 Å². The van der Waals surface area contributed by atoms with Crippen molar-refractivity contribution in [2.24, 2.45) is 0 Å². The molecule has 3 N–H and O–H groups in total. The van der Waals surface area contributed by atoms with Gasteiger partial charge in [0.15, 0.2) is 11.6 Å². The number of aromatic nitrogens is 2. The van der Waals surface area contributed by atoms with Gasteiger partial charge in [0, 0.05) is 6.54 Å². The van der Waals surface area contributed by atoms with E-state index >= 15 is 0 Å². The van der Waals surface area contributed by atoms with Crippen molar-refractivity contribution in [1.82, 2.24) is 9.97 Å². The maximum absolute atomic E-state index is 13.3. The van der Waals surface area contributed by atoms with E-state index in [1.54, 1.807) is 7.11 Å². The van der Waals surface area contributed by atoms with Gasteiger partial charge in [0.25, 0.3) is 0 Å². The lowest BCUT2D eigenvalue weighted by molar-refractivity contribution is 0.414. The van der Waals surface area contributed by atoms with E-state index in [9.17, 15) is 4.39 Å². The standard InChI is InChI=1S/C13H15FN4O/c1-19-10-4-2-9(3-5-10)6-7-16-12-11(14)8-17-13(15)18-12/h2-5,8H,6-7H2,1H3,(H3,15,16,17,18). The van der Waals surface area contributed by atoms with Crippen LogP contribution in [0.3, 0.4) is 0 Å². The van der Waals surface area contributed by atoms with Crippen LogP contribution >= 0.6 is 0 Å². The number of nitrogens with one attached hydrogen (secondary N) is 1. The van der Waals surface area contributed by atoms with E-state index in [1.165, 1.54) is 0 Å². The number of ether oxygens (including phenoxy) is 1. The zero-order chi connectivity index (χ0) is 13.7. The minimum Gasteiger partial charge on any atom is -0.497 e. The largest absolute Gasteiger partial charge is 0.497 e. The zero-order valence-electron chi connectivity index (χ0n) is 10.6. The Balaban J connectivity index is 1.90. The molecule has 19 heavy (non-hydrogen) atoms. The van der Waals surface area contributed by atoms with Gasteiger partial charge in [0.05, 0.1) is 13.3 Å². The predicted octanol–water partition coefficient (Wildman–Crippen LogP) is 1.86. The number of benzene rings is 1. The fraction of sp³-hybridized carbons (Fsp3) is 0.231. The number of anilines is 2. The molecule has 0 bridgehead atoms. The van der Waals surface area contributed by atoms with E-state index < -0.39 is 5.82 Å². The molecule has 1 aromatic heterocycles. The third kappa shape index (κ3) is 3.54. The highest BCUT2D eigenvalue weighted by Gasteiger charge is 2.04. The average Bonchev–Trinajstić information content (AvgIpc) is 2.43. The number of nitrogens with zero attached hydrogens (tertiary/aromatic N) is 2. The maximum atomic E-state index is 13.3. The molecule has 0 aliphatic carbocycles. The number of nitrogen functional groups attached to an aromatic ring is 1. The van der Waals surface area contributed by atoms with Crippen LogP contribution < -0.4 is 15.8 Å². The molecule has 100 valence electrons. The van der Waals surface area contributed by atoms with Gasteiger partial charge in [0.1, 0.15) is 5.75 Å². The van der Waals surface area contributed by atoms with Crippen LogP contribution in [0.15, 0.2) is 30.5 Å². The van der Waals surface area contributed by atoms with Gasteiger partial charge in [-0.25, -0.2) is 9.37 Å². The van der Waals surface area contributed by atoms with Crippen molar-refractivity contribution >= 4 is 11.8 Å².